The van der Waals surface area contributed by atoms with Gasteiger partial charge in [0.05, 0.1) is 13.2 Å². The maximum absolute atomic E-state index is 11.4. The highest BCUT2D eigenvalue weighted by Gasteiger charge is 2.14. The van der Waals surface area contributed by atoms with Gasteiger partial charge < -0.3 is 9.47 Å². The minimum Gasteiger partial charge on any atom is -0.490 e. The number of ether oxygens (including phenoxy) is 2. The molecule has 0 aliphatic rings. The molecule has 4 heteroatoms. The molecule has 0 amide bonds. The molecule has 1 rings (SSSR count). The first kappa shape index (κ1) is 12.0. The van der Waals surface area contributed by atoms with Gasteiger partial charge in [-0.15, -0.1) is 0 Å². The van der Waals surface area contributed by atoms with Crippen LogP contribution in [0.3, 0.4) is 0 Å². The molecule has 1 aromatic carbocycles. The van der Waals surface area contributed by atoms with E-state index in [0.717, 1.165) is 4.47 Å². The molecule has 0 fully saturated rings. The van der Waals surface area contributed by atoms with Gasteiger partial charge in [0, 0.05) is 4.47 Å². The van der Waals surface area contributed by atoms with Crippen LogP contribution in [0, 0.1) is 0 Å². The number of rotatable bonds is 3. The zero-order valence-electron chi connectivity index (χ0n) is 8.91. The molecule has 0 unspecified atom stereocenters. The summed E-state index contributed by atoms with van der Waals surface area (Å²) in [7, 11) is 1.35. The molecule has 0 spiro atoms. The molecule has 0 aliphatic heterocycles. The number of benzene rings is 1. The topological polar surface area (TPSA) is 35.5 Å². The summed E-state index contributed by atoms with van der Waals surface area (Å²) < 4.78 is 11.0. The summed E-state index contributed by atoms with van der Waals surface area (Å²) in [6.45, 7) is 3.81. The third-order valence-corrected chi connectivity index (χ3v) is 2.20. The zero-order valence-corrected chi connectivity index (χ0v) is 10.5. The van der Waals surface area contributed by atoms with Crippen LogP contribution >= 0.6 is 15.9 Å². The van der Waals surface area contributed by atoms with Gasteiger partial charge >= 0.3 is 5.97 Å². The molecule has 1 aromatic rings. The summed E-state index contributed by atoms with van der Waals surface area (Å²) in [6.07, 6.45) is 0.0164. The van der Waals surface area contributed by atoms with Crippen molar-refractivity contribution in [2.75, 3.05) is 7.11 Å². The summed E-state index contributed by atoms with van der Waals surface area (Å²) in [6, 6.07) is 5.21. The second-order valence-corrected chi connectivity index (χ2v) is 4.21. The monoisotopic (exact) mass is 272 g/mol. The lowest BCUT2D eigenvalue weighted by molar-refractivity contribution is 0.0594. The molecule has 0 aliphatic carbocycles. The third-order valence-electron chi connectivity index (χ3n) is 1.71. The highest BCUT2D eigenvalue weighted by Crippen LogP contribution is 2.25. The van der Waals surface area contributed by atoms with Crippen LogP contribution < -0.4 is 4.74 Å². The van der Waals surface area contributed by atoms with Gasteiger partial charge in [-0.3, -0.25) is 0 Å². The van der Waals surface area contributed by atoms with Gasteiger partial charge in [0.15, 0.2) is 0 Å². The molecule has 82 valence electrons. The van der Waals surface area contributed by atoms with Crippen molar-refractivity contribution in [1.29, 1.82) is 0 Å². The molecule has 0 heterocycles. The predicted octanol–water partition coefficient (Wildman–Crippen LogP) is 3.02. The average molecular weight is 273 g/mol. The van der Waals surface area contributed by atoms with E-state index in [4.69, 9.17) is 4.74 Å². The first-order valence-corrected chi connectivity index (χ1v) is 5.38. The normalized spacial score (nSPS) is 10.2. The fraction of sp³-hybridized carbons (Fsp3) is 0.364. The Hall–Kier alpha value is -1.03. The van der Waals surface area contributed by atoms with E-state index in [1.165, 1.54) is 7.11 Å². The largest absolute Gasteiger partial charge is 0.490 e. The Balaban J connectivity index is 3.08. The Morgan fingerprint density at radius 1 is 1.40 bits per heavy atom. The summed E-state index contributed by atoms with van der Waals surface area (Å²) >= 11 is 3.33. The standard InChI is InChI=1S/C11H13BrO3/c1-7(2)15-10-6-8(12)4-5-9(10)11(13)14-3/h4-7H,1-3H3. The number of carbonyl (C=O) groups is 1. The quantitative estimate of drug-likeness (QED) is 0.794. The van der Waals surface area contributed by atoms with E-state index < -0.39 is 5.97 Å². The lowest BCUT2D eigenvalue weighted by atomic mass is 10.2. The molecule has 0 saturated heterocycles. The number of halogens is 1. The van der Waals surface area contributed by atoms with Crippen molar-refractivity contribution in [3.8, 4) is 5.75 Å². The number of methoxy groups -OCH3 is 1. The van der Waals surface area contributed by atoms with Crippen molar-refractivity contribution in [3.63, 3.8) is 0 Å². The molecule has 15 heavy (non-hydrogen) atoms. The van der Waals surface area contributed by atoms with Crippen molar-refractivity contribution in [3.05, 3.63) is 28.2 Å². The van der Waals surface area contributed by atoms with E-state index in [1.807, 2.05) is 13.8 Å². The highest BCUT2D eigenvalue weighted by atomic mass is 79.9. The summed E-state index contributed by atoms with van der Waals surface area (Å²) in [5, 5.41) is 0. The second-order valence-electron chi connectivity index (χ2n) is 3.30. The fourth-order valence-electron chi connectivity index (χ4n) is 1.13. The van der Waals surface area contributed by atoms with Crippen molar-refractivity contribution < 1.29 is 14.3 Å². The van der Waals surface area contributed by atoms with Gasteiger partial charge in [-0.05, 0) is 32.0 Å². The molecule has 0 saturated carbocycles. The lowest BCUT2D eigenvalue weighted by Gasteiger charge is -2.13. The van der Waals surface area contributed by atoms with Gasteiger partial charge in [0.25, 0.3) is 0 Å². The smallest absolute Gasteiger partial charge is 0.341 e. The molecule has 0 aromatic heterocycles. The number of hydrogen-bond acceptors (Lipinski definition) is 3. The van der Waals surface area contributed by atoms with Crippen molar-refractivity contribution in [2.24, 2.45) is 0 Å². The Bertz CT molecular complexity index is 361. The van der Waals surface area contributed by atoms with Crippen molar-refractivity contribution >= 4 is 21.9 Å². The van der Waals surface area contributed by atoms with Gasteiger partial charge in [-0.1, -0.05) is 15.9 Å². The van der Waals surface area contributed by atoms with E-state index in [1.54, 1.807) is 18.2 Å². The molecule has 0 N–H and O–H groups in total. The van der Waals surface area contributed by atoms with Crippen LogP contribution in [0.2, 0.25) is 0 Å². The Morgan fingerprint density at radius 3 is 2.60 bits per heavy atom. The molecule has 3 nitrogen and oxygen atoms in total. The van der Waals surface area contributed by atoms with E-state index in [-0.39, 0.29) is 6.10 Å². The van der Waals surface area contributed by atoms with Crippen LogP contribution in [0.15, 0.2) is 22.7 Å². The van der Waals surface area contributed by atoms with Gasteiger partial charge in [0.1, 0.15) is 11.3 Å². The molecule has 0 atom stereocenters. The van der Waals surface area contributed by atoms with Crippen molar-refractivity contribution in [2.45, 2.75) is 20.0 Å². The zero-order chi connectivity index (χ0) is 11.4. The summed E-state index contributed by atoms with van der Waals surface area (Å²) in [4.78, 5) is 11.4. The van der Waals surface area contributed by atoms with Crippen LogP contribution in [0.5, 0.6) is 5.75 Å². The number of carbonyl (C=O) groups excluding carboxylic acids is 1. The SMILES string of the molecule is COC(=O)c1ccc(Br)cc1OC(C)C. The average Bonchev–Trinajstić information content (AvgIpc) is 2.16. The van der Waals surface area contributed by atoms with Crippen molar-refractivity contribution in [1.82, 2.24) is 0 Å². The predicted molar refractivity (Wildman–Crippen MR) is 61.2 cm³/mol. The van der Waals surface area contributed by atoms with Crippen LogP contribution in [0.4, 0.5) is 0 Å². The van der Waals surface area contributed by atoms with Crippen LogP contribution in [0.1, 0.15) is 24.2 Å². The lowest BCUT2D eigenvalue weighted by Crippen LogP contribution is -2.10. The van der Waals surface area contributed by atoms with Gasteiger partial charge in [0.2, 0.25) is 0 Å². The third kappa shape index (κ3) is 3.23. The van der Waals surface area contributed by atoms with E-state index in [9.17, 15) is 4.79 Å². The Morgan fingerprint density at radius 2 is 2.07 bits per heavy atom. The maximum atomic E-state index is 11.4. The Kier molecular flexibility index (Phi) is 4.15. The van der Waals surface area contributed by atoms with Crippen LogP contribution in [-0.4, -0.2) is 19.2 Å². The molecular weight excluding hydrogens is 260 g/mol. The molecular formula is C11H13BrO3. The molecule has 0 radical (unpaired) electrons. The van der Waals surface area contributed by atoms with E-state index in [0.29, 0.717) is 11.3 Å². The first-order valence-electron chi connectivity index (χ1n) is 4.59. The minimum absolute atomic E-state index is 0.0164. The molecule has 0 bridgehead atoms. The van der Waals surface area contributed by atoms with E-state index >= 15 is 0 Å². The summed E-state index contributed by atoms with van der Waals surface area (Å²) in [5.74, 6) is 0.143. The van der Waals surface area contributed by atoms with Gasteiger partial charge in [-0.2, -0.15) is 0 Å². The fourth-order valence-corrected chi connectivity index (χ4v) is 1.47. The minimum atomic E-state index is -0.391. The Labute approximate surface area is 97.5 Å². The van der Waals surface area contributed by atoms with E-state index in [2.05, 4.69) is 20.7 Å². The van der Waals surface area contributed by atoms with Gasteiger partial charge in [-0.25, -0.2) is 4.79 Å². The number of esters is 1. The summed E-state index contributed by atoms with van der Waals surface area (Å²) in [5.41, 5.74) is 0.439. The van der Waals surface area contributed by atoms with Crippen LogP contribution in [0.25, 0.3) is 0 Å². The second kappa shape index (κ2) is 5.16. The first-order chi connectivity index (χ1) is 7.04. The highest BCUT2D eigenvalue weighted by molar-refractivity contribution is 9.10. The number of hydrogen-bond donors (Lipinski definition) is 0. The maximum Gasteiger partial charge on any atom is 0.341 e. The van der Waals surface area contributed by atoms with Crippen LogP contribution in [-0.2, 0) is 4.74 Å².